The minimum Gasteiger partial charge on any atom is -0.388 e. The summed E-state index contributed by atoms with van der Waals surface area (Å²) in [5.41, 5.74) is -0.752. The van der Waals surface area contributed by atoms with Crippen LogP contribution >= 0.6 is 11.3 Å². The Morgan fingerprint density at radius 1 is 1.35 bits per heavy atom. The second-order valence-corrected chi connectivity index (χ2v) is 6.49. The van der Waals surface area contributed by atoms with Gasteiger partial charge in [-0.2, -0.15) is 0 Å². The fraction of sp³-hybridized carbons (Fsp3) is 0.400. The predicted molar refractivity (Wildman–Crippen MR) is 77.5 cm³/mol. The first-order valence-corrected chi connectivity index (χ1v) is 7.57. The fourth-order valence-corrected chi connectivity index (χ4v) is 3.63. The van der Waals surface area contributed by atoms with Crippen molar-refractivity contribution in [3.63, 3.8) is 0 Å². The molecule has 2 N–H and O–H groups in total. The number of carbonyl (C=O) groups is 1. The first kappa shape index (κ1) is 13.5. The minimum absolute atomic E-state index is 0.202. The molecule has 20 heavy (non-hydrogen) atoms. The van der Waals surface area contributed by atoms with Gasteiger partial charge in [0, 0.05) is 11.2 Å². The van der Waals surface area contributed by atoms with Crippen LogP contribution in [0.25, 0.3) is 10.1 Å². The largest absolute Gasteiger partial charge is 0.388 e. The lowest BCUT2D eigenvalue weighted by molar-refractivity contribution is 0.0450. The van der Waals surface area contributed by atoms with E-state index in [0.29, 0.717) is 4.88 Å². The maximum Gasteiger partial charge on any atom is 0.261 e. The molecule has 1 aromatic heterocycles. The summed E-state index contributed by atoms with van der Waals surface area (Å²) in [5, 5.41) is 13.7. The van der Waals surface area contributed by atoms with Gasteiger partial charge in [0.1, 0.15) is 5.82 Å². The number of halogens is 1. The second kappa shape index (κ2) is 5.14. The Bertz CT molecular complexity index is 646. The number of aliphatic hydroxyl groups is 1. The zero-order chi connectivity index (χ0) is 14.2. The van der Waals surface area contributed by atoms with Gasteiger partial charge < -0.3 is 10.4 Å². The van der Waals surface area contributed by atoms with Crippen LogP contribution in [0, 0.1) is 5.82 Å². The van der Waals surface area contributed by atoms with E-state index in [1.54, 1.807) is 12.1 Å². The molecule has 1 aliphatic carbocycles. The van der Waals surface area contributed by atoms with Gasteiger partial charge in [-0.15, -0.1) is 11.3 Å². The summed E-state index contributed by atoms with van der Waals surface area (Å²) < 4.78 is 14.0. The van der Waals surface area contributed by atoms with E-state index in [0.717, 1.165) is 35.8 Å². The molecule has 1 fully saturated rings. The highest BCUT2D eigenvalue weighted by molar-refractivity contribution is 7.20. The van der Waals surface area contributed by atoms with Crippen molar-refractivity contribution in [1.82, 2.24) is 5.32 Å². The summed E-state index contributed by atoms with van der Waals surface area (Å²) in [5.74, 6) is -0.505. The van der Waals surface area contributed by atoms with Gasteiger partial charge in [-0.3, -0.25) is 4.79 Å². The normalized spacial score (nSPS) is 17.5. The summed E-state index contributed by atoms with van der Waals surface area (Å²) >= 11 is 1.34. The zero-order valence-electron chi connectivity index (χ0n) is 11.0. The predicted octanol–water partition coefficient (Wildman–Crippen LogP) is 3.08. The van der Waals surface area contributed by atoms with Crippen molar-refractivity contribution in [2.75, 3.05) is 6.54 Å². The van der Waals surface area contributed by atoms with E-state index in [9.17, 15) is 14.3 Å². The quantitative estimate of drug-likeness (QED) is 0.913. The lowest BCUT2D eigenvalue weighted by Crippen LogP contribution is -2.40. The van der Waals surface area contributed by atoms with Crippen LogP contribution in [-0.2, 0) is 0 Å². The van der Waals surface area contributed by atoms with Crippen LogP contribution in [-0.4, -0.2) is 23.2 Å². The highest BCUT2D eigenvalue weighted by Crippen LogP contribution is 2.29. The maximum absolute atomic E-state index is 13.1. The number of amides is 1. The van der Waals surface area contributed by atoms with Crippen LogP contribution in [0.2, 0.25) is 0 Å². The maximum atomic E-state index is 13.1. The van der Waals surface area contributed by atoms with Crippen molar-refractivity contribution in [2.24, 2.45) is 0 Å². The monoisotopic (exact) mass is 293 g/mol. The number of rotatable bonds is 3. The molecule has 0 saturated heterocycles. The Kier molecular flexibility index (Phi) is 3.48. The van der Waals surface area contributed by atoms with E-state index in [1.807, 2.05) is 0 Å². The number of hydrogen-bond acceptors (Lipinski definition) is 3. The highest BCUT2D eigenvalue weighted by atomic mass is 32.1. The third-order valence-electron chi connectivity index (χ3n) is 3.81. The topological polar surface area (TPSA) is 49.3 Å². The molecule has 1 aliphatic rings. The molecule has 3 rings (SSSR count). The molecule has 106 valence electrons. The average molecular weight is 293 g/mol. The smallest absolute Gasteiger partial charge is 0.261 e. The van der Waals surface area contributed by atoms with Gasteiger partial charge in [-0.05, 0) is 42.5 Å². The Balaban J connectivity index is 1.72. The van der Waals surface area contributed by atoms with Crippen LogP contribution in [0.4, 0.5) is 4.39 Å². The number of fused-ring (bicyclic) bond motifs is 1. The molecular formula is C15H16FNO2S. The Hall–Kier alpha value is -1.46. The van der Waals surface area contributed by atoms with Crippen molar-refractivity contribution >= 4 is 27.3 Å². The molecule has 2 aromatic rings. The summed E-state index contributed by atoms with van der Waals surface area (Å²) in [6, 6.07) is 6.18. The summed E-state index contributed by atoms with van der Waals surface area (Å²) in [4.78, 5) is 12.6. The summed E-state index contributed by atoms with van der Waals surface area (Å²) in [6.07, 6.45) is 3.50. The number of hydrogen-bond donors (Lipinski definition) is 2. The van der Waals surface area contributed by atoms with E-state index in [4.69, 9.17) is 0 Å². The molecule has 0 atom stereocenters. The van der Waals surface area contributed by atoms with Gasteiger partial charge in [-0.1, -0.05) is 12.8 Å². The number of thiophene rings is 1. The first-order valence-electron chi connectivity index (χ1n) is 6.75. The van der Waals surface area contributed by atoms with Gasteiger partial charge in [0.15, 0.2) is 0 Å². The van der Waals surface area contributed by atoms with Crippen molar-refractivity contribution in [2.45, 2.75) is 31.3 Å². The Labute approximate surface area is 120 Å². The van der Waals surface area contributed by atoms with Crippen molar-refractivity contribution < 1.29 is 14.3 Å². The molecule has 0 bridgehead atoms. The lowest BCUT2D eigenvalue weighted by Gasteiger charge is -2.21. The molecule has 0 unspecified atom stereocenters. The van der Waals surface area contributed by atoms with Crippen LogP contribution < -0.4 is 5.32 Å². The van der Waals surface area contributed by atoms with Gasteiger partial charge in [0.05, 0.1) is 10.5 Å². The van der Waals surface area contributed by atoms with E-state index in [1.165, 1.54) is 23.5 Å². The number of benzene rings is 1. The first-order chi connectivity index (χ1) is 9.56. The van der Waals surface area contributed by atoms with Gasteiger partial charge in [0.25, 0.3) is 5.91 Å². The molecule has 1 aromatic carbocycles. The number of nitrogens with one attached hydrogen (secondary N) is 1. The van der Waals surface area contributed by atoms with Crippen LogP contribution in [0.15, 0.2) is 24.3 Å². The highest BCUT2D eigenvalue weighted by Gasteiger charge is 2.31. The number of carbonyl (C=O) groups excluding carboxylic acids is 1. The van der Waals surface area contributed by atoms with E-state index >= 15 is 0 Å². The fourth-order valence-electron chi connectivity index (χ4n) is 2.67. The lowest BCUT2D eigenvalue weighted by atomic mass is 10.0. The summed E-state index contributed by atoms with van der Waals surface area (Å²) in [7, 11) is 0. The van der Waals surface area contributed by atoms with Crippen molar-refractivity contribution in [3.8, 4) is 0 Å². The summed E-state index contributed by atoms with van der Waals surface area (Å²) in [6.45, 7) is 0.286. The van der Waals surface area contributed by atoms with Crippen LogP contribution in [0.3, 0.4) is 0 Å². The Morgan fingerprint density at radius 3 is 2.85 bits per heavy atom. The molecule has 3 nitrogen and oxygen atoms in total. The second-order valence-electron chi connectivity index (χ2n) is 5.41. The van der Waals surface area contributed by atoms with Gasteiger partial charge in [0.2, 0.25) is 0 Å². The SMILES string of the molecule is O=C(NCC1(O)CCCC1)c1cc2cc(F)ccc2s1. The third-order valence-corrected chi connectivity index (χ3v) is 4.93. The molecule has 1 heterocycles. The minimum atomic E-state index is -0.752. The van der Waals surface area contributed by atoms with Crippen LogP contribution in [0.5, 0.6) is 0 Å². The third kappa shape index (κ3) is 2.69. The standard InChI is InChI=1S/C15H16FNO2S/c16-11-3-4-12-10(7-11)8-13(20-12)14(18)17-9-15(19)5-1-2-6-15/h3-4,7-8,19H,1-2,5-6,9H2,(H,17,18). The van der Waals surface area contributed by atoms with Gasteiger partial charge >= 0.3 is 0 Å². The van der Waals surface area contributed by atoms with Crippen molar-refractivity contribution in [3.05, 3.63) is 35.0 Å². The molecule has 1 saturated carbocycles. The molecule has 0 radical (unpaired) electrons. The molecule has 0 aliphatic heterocycles. The molecule has 5 heteroatoms. The zero-order valence-corrected chi connectivity index (χ0v) is 11.8. The average Bonchev–Trinajstić information content (AvgIpc) is 3.02. The van der Waals surface area contributed by atoms with E-state index in [-0.39, 0.29) is 18.3 Å². The van der Waals surface area contributed by atoms with Crippen molar-refractivity contribution in [1.29, 1.82) is 0 Å². The van der Waals surface area contributed by atoms with Gasteiger partial charge in [-0.25, -0.2) is 4.39 Å². The van der Waals surface area contributed by atoms with E-state index in [2.05, 4.69) is 5.32 Å². The van der Waals surface area contributed by atoms with E-state index < -0.39 is 5.60 Å². The molecular weight excluding hydrogens is 277 g/mol. The molecule has 1 amide bonds. The Morgan fingerprint density at radius 2 is 2.10 bits per heavy atom. The molecule has 0 spiro atoms. The van der Waals surface area contributed by atoms with Crippen LogP contribution in [0.1, 0.15) is 35.4 Å².